The Morgan fingerprint density at radius 2 is 1.83 bits per heavy atom. The van der Waals surface area contributed by atoms with E-state index >= 15 is 0 Å². The minimum Gasteiger partial charge on any atom is -0.327 e. The van der Waals surface area contributed by atoms with Gasteiger partial charge in [-0.05, 0) is 25.0 Å². The van der Waals surface area contributed by atoms with E-state index in [1.54, 1.807) is 0 Å². The number of hydrogen-bond donors (Lipinski definition) is 2. The summed E-state index contributed by atoms with van der Waals surface area (Å²) in [5.41, 5.74) is -3.13. The fourth-order valence-corrected chi connectivity index (χ4v) is 3.51. The molecular weight excluding hydrogens is 409 g/mol. The lowest BCUT2D eigenvalue weighted by Gasteiger charge is -2.37. The number of amides is 2. The number of anilines is 1. The van der Waals surface area contributed by atoms with Gasteiger partial charge in [-0.3, -0.25) is 0 Å². The molecule has 0 unspecified atom stereocenters. The van der Waals surface area contributed by atoms with Crippen LogP contribution in [0.2, 0.25) is 0 Å². The second-order valence-electron chi connectivity index (χ2n) is 6.91. The summed E-state index contributed by atoms with van der Waals surface area (Å²) in [7, 11) is 0. The van der Waals surface area contributed by atoms with Crippen LogP contribution in [-0.4, -0.2) is 16.0 Å². The maximum Gasteiger partial charge on any atom is 0.419 e. The number of carbonyl (C=O) groups excluding carboxylic acids is 1. The first kappa shape index (κ1) is 21.4. The van der Waals surface area contributed by atoms with Crippen LogP contribution in [0.25, 0.3) is 0 Å². The van der Waals surface area contributed by atoms with Gasteiger partial charge < -0.3 is 10.6 Å². The number of nitrogens with zero attached hydrogens (tertiary/aromatic N) is 3. The highest BCUT2D eigenvalue weighted by atomic mass is 19.4. The molecule has 1 heterocycles. The Hall–Kier alpha value is -3.29. The predicted octanol–water partition coefficient (Wildman–Crippen LogP) is 4.63. The molecule has 0 bridgehead atoms. The Morgan fingerprint density at radius 3 is 2.47 bits per heavy atom. The van der Waals surface area contributed by atoms with E-state index in [0.717, 1.165) is 19.3 Å². The highest BCUT2D eigenvalue weighted by Crippen LogP contribution is 2.37. The third-order valence-corrected chi connectivity index (χ3v) is 4.92. The van der Waals surface area contributed by atoms with Gasteiger partial charge in [-0.1, -0.05) is 19.3 Å². The Labute approximate surface area is 168 Å². The van der Waals surface area contributed by atoms with E-state index in [-0.39, 0.29) is 18.0 Å². The average molecular weight is 425 g/mol. The highest BCUT2D eigenvalue weighted by molar-refractivity contribution is 5.90. The number of urea groups is 1. The molecule has 1 aromatic heterocycles. The Morgan fingerprint density at radius 1 is 1.13 bits per heavy atom. The van der Waals surface area contributed by atoms with Gasteiger partial charge in [-0.2, -0.15) is 18.4 Å². The van der Waals surface area contributed by atoms with E-state index in [9.17, 15) is 26.7 Å². The first-order valence-electron chi connectivity index (χ1n) is 9.04. The largest absolute Gasteiger partial charge is 0.419 e. The van der Waals surface area contributed by atoms with Crippen LogP contribution >= 0.6 is 0 Å². The molecule has 1 aliphatic carbocycles. The van der Waals surface area contributed by atoms with Crippen molar-refractivity contribution in [3.63, 3.8) is 0 Å². The topological polar surface area (TPSA) is 90.7 Å². The number of rotatable bonds is 3. The number of nitrogens with one attached hydrogen (secondary N) is 2. The van der Waals surface area contributed by atoms with Crippen LogP contribution in [0.4, 0.5) is 32.4 Å². The molecule has 1 fully saturated rings. The van der Waals surface area contributed by atoms with Crippen molar-refractivity contribution in [2.45, 2.75) is 43.8 Å². The lowest BCUT2D eigenvalue weighted by molar-refractivity contribution is -0.140. The summed E-state index contributed by atoms with van der Waals surface area (Å²) in [4.78, 5) is 20.5. The second kappa shape index (κ2) is 8.22. The fourth-order valence-electron chi connectivity index (χ4n) is 3.51. The number of benzene rings is 1. The summed E-state index contributed by atoms with van der Waals surface area (Å²) in [6.07, 6.45) is -0.395. The molecule has 1 aromatic carbocycles. The zero-order valence-corrected chi connectivity index (χ0v) is 15.5. The minimum absolute atomic E-state index is 0.0679. The molecule has 1 aliphatic rings. The van der Waals surface area contributed by atoms with Crippen LogP contribution in [-0.2, 0) is 11.7 Å². The maximum atomic E-state index is 14.0. The van der Waals surface area contributed by atoms with Crippen molar-refractivity contribution in [2.24, 2.45) is 0 Å². The highest BCUT2D eigenvalue weighted by Gasteiger charge is 2.38. The summed E-state index contributed by atoms with van der Waals surface area (Å²) in [6.45, 7) is 0. The van der Waals surface area contributed by atoms with Gasteiger partial charge in [0.1, 0.15) is 17.7 Å². The molecule has 6 nitrogen and oxygen atoms in total. The van der Waals surface area contributed by atoms with E-state index in [1.807, 2.05) is 11.4 Å². The molecule has 11 heteroatoms. The summed E-state index contributed by atoms with van der Waals surface area (Å²) < 4.78 is 66.1. The SMILES string of the molecule is N#Cc1nccc(C2(NC(=O)Nc3cc(C(F)(F)F)c(F)cc3F)CCCCC2)n1. The van der Waals surface area contributed by atoms with Crippen LogP contribution in [0, 0.1) is 23.0 Å². The maximum absolute atomic E-state index is 14.0. The normalized spacial score (nSPS) is 15.9. The van der Waals surface area contributed by atoms with Crippen LogP contribution in [0.3, 0.4) is 0 Å². The molecule has 158 valence electrons. The third kappa shape index (κ3) is 4.48. The van der Waals surface area contributed by atoms with E-state index < -0.39 is 40.6 Å². The van der Waals surface area contributed by atoms with Gasteiger partial charge in [0, 0.05) is 12.3 Å². The van der Waals surface area contributed by atoms with Crippen molar-refractivity contribution in [2.75, 3.05) is 5.32 Å². The standard InChI is InChI=1S/C19H16F5N5O/c20-12-9-13(21)14(8-11(12)19(22,23)24)27-17(30)29-18(5-2-1-3-6-18)15-4-7-26-16(10-25)28-15/h4,7-9H,1-3,5-6H2,(H2,27,29,30). The predicted molar refractivity (Wildman–Crippen MR) is 95.0 cm³/mol. The number of carbonyl (C=O) groups is 1. The monoisotopic (exact) mass is 425 g/mol. The zero-order valence-electron chi connectivity index (χ0n) is 15.5. The van der Waals surface area contributed by atoms with Crippen LogP contribution < -0.4 is 10.6 Å². The Kier molecular flexibility index (Phi) is 5.87. The van der Waals surface area contributed by atoms with Crippen molar-refractivity contribution >= 4 is 11.7 Å². The number of alkyl halides is 3. The summed E-state index contributed by atoms with van der Waals surface area (Å²) in [6, 6.07) is 2.64. The molecule has 2 aromatic rings. The third-order valence-electron chi connectivity index (χ3n) is 4.92. The summed E-state index contributed by atoms with van der Waals surface area (Å²) in [5, 5.41) is 13.7. The van der Waals surface area contributed by atoms with Gasteiger partial charge in [0.2, 0.25) is 5.82 Å². The number of aromatic nitrogens is 2. The van der Waals surface area contributed by atoms with Crippen molar-refractivity contribution in [3.05, 3.63) is 53.1 Å². The molecule has 0 spiro atoms. The quantitative estimate of drug-likeness (QED) is 0.702. The lowest BCUT2D eigenvalue weighted by atomic mass is 9.79. The summed E-state index contributed by atoms with van der Waals surface area (Å²) in [5.74, 6) is -3.22. The van der Waals surface area contributed by atoms with Gasteiger partial charge in [-0.15, -0.1) is 0 Å². The van der Waals surface area contributed by atoms with Gasteiger partial charge in [-0.25, -0.2) is 23.5 Å². The average Bonchev–Trinajstić information content (AvgIpc) is 2.70. The molecule has 0 aliphatic heterocycles. The second-order valence-corrected chi connectivity index (χ2v) is 6.91. The van der Waals surface area contributed by atoms with Crippen molar-refractivity contribution in [3.8, 4) is 6.07 Å². The van der Waals surface area contributed by atoms with Crippen LogP contribution in [0.1, 0.15) is 49.2 Å². The van der Waals surface area contributed by atoms with Crippen molar-refractivity contribution < 1.29 is 26.7 Å². The first-order valence-corrected chi connectivity index (χ1v) is 9.04. The smallest absolute Gasteiger partial charge is 0.327 e. The molecule has 0 radical (unpaired) electrons. The Balaban J connectivity index is 1.88. The fraction of sp³-hybridized carbons (Fsp3) is 0.368. The van der Waals surface area contributed by atoms with Crippen molar-refractivity contribution in [1.29, 1.82) is 5.26 Å². The van der Waals surface area contributed by atoms with Gasteiger partial charge in [0.25, 0.3) is 0 Å². The minimum atomic E-state index is -5.05. The first-order chi connectivity index (χ1) is 14.1. The molecule has 3 rings (SSSR count). The molecule has 2 amide bonds. The number of halogens is 5. The molecule has 0 atom stereocenters. The number of hydrogen-bond acceptors (Lipinski definition) is 4. The van der Waals surface area contributed by atoms with E-state index in [4.69, 9.17) is 5.26 Å². The lowest BCUT2D eigenvalue weighted by Crippen LogP contribution is -2.49. The van der Waals surface area contributed by atoms with Gasteiger partial charge >= 0.3 is 12.2 Å². The van der Waals surface area contributed by atoms with E-state index in [1.165, 1.54) is 12.3 Å². The van der Waals surface area contributed by atoms with E-state index in [0.29, 0.717) is 18.5 Å². The van der Waals surface area contributed by atoms with Gasteiger partial charge in [0.15, 0.2) is 0 Å². The zero-order chi connectivity index (χ0) is 21.9. The molecule has 1 saturated carbocycles. The molecule has 2 N–H and O–H groups in total. The molecule has 30 heavy (non-hydrogen) atoms. The summed E-state index contributed by atoms with van der Waals surface area (Å²) >= 11 is 0. The molecular formula is C19H16F5N5O. The van der Waals surface area contributed by atoms with Gasteiger partial charge in [0.05, 0.1) is 22.5 Å². The van der Waals surface area contributed by atoms with Crippen LogP contribution in [0.5, 0.6) is 0 Å². The van der Waals surface area contributed by atoms with Crippen molar-refractivity contribution in [1.82, 2.24) is 15.3 Å². The van der Waals surface area contributed by atoms with E-state index in [2.05, 4.69) is 15.3 Å². The van der Waals surface area contributed by atoms with Crippen LogP contribution in [0.15, 0.2) is 24.4 Å². The molecule has 0 saturated heterocycles. The number of nitriles is 1. The Bertz CT molecular complexity index is 996.